The van der Waals surface area contributed by atoms with Crippen molar-refractivity contribution in [3.63, 3.8) is 0 Å². The molecule has 3 heterocycles. The van der Waals surface area contributed by atoms with E-state index in [1.54, 1.807) is 62.0 Å². The average Bonchev–Trinajstić information content (AvgIpc) is 3.57. The second-order valence-electron chi connectivity index (χ2n) is 8.30. The van der Waals surface area contributed by atoms with Gasteiger partial charge in [-0.25, -0.2) is 15.0 Å². The number of hydrogen-bond donors (Lipinski definition) is 5. The van der Waals surface area contributed by atoms with Crippen LogP contribution in [0.1, 0.15) is 16.1 Å². The van der Waals surface area contributed by atoms with Gasteiger partial charge in [0.05, 0.1) is 35.7 Å². The lowest BCUT2D eigenvalue weighted by molar-refractivity contribution is -0.119. The summed E-state index contributed by atoms with van der Waals surface area (Å²) < 4.78 is 5.36. The molecule has 2 amide bonds. The predicted octanol–water partition coefficient (Wildman–Crippen LogP) is 2.56. The highest BCUT2D eigenvalue weighted by molar-refractivity contribution is 6.00. The summed E-state index contributed by atoms with van der Waals surface area (Å²) in [4.78, 5) is 43.6. The lowest BCUT2D eigenvalue weighted by Gasteiger charge is -2.14. The quantitative estimate of drug-likeness (QED) is 0.219. The van der Waals surface area contributed by atoms with Gasteiger partial charge in [-0.2, -0.15) is 0 Å². The number of nitrogens with two attached hydrogens (primary N) is 1. The van der Waals surface area contributed by atoms with Crippen molar-refractivity contribution in [2.75, 3.05) is 7.11 Å². The number of carbonyl (C=O) groups excluding carboxylic acids is 2. The first-order valence-electron chi connectivity index (χ1n) is 11.3. The number of rotatable bonds is 8. The van der Waals surface area contributed by atoms with Gasteiger partial charge in [0.2, 0.25) is 11.8 Å². The second kappa shape index (κ2) is 9.82. The van der Waals surface area contributed by atoms with Gasteiger partial charge in [0, 0.05) is 29.9 Å². The van der Waals surface area contributed by atoms with Crippen molar-refractivity contribution in [1.29, 1.82) is 0 Å². The SMILES string of the molecule is COc1ncccc1-c1ccc(O)c(-c2nc3cc(C(=O)N[C@@H](Cc4c[nH]cn4)C(N)=O)ccc3[nH]2)c1. The number of aromatic hydroxyl groups is 1. The Bertz CT molecular complexity index is 1590. The fourth-order valence-corrected chi connectivity index (χ4v) is 4.02. The number of nitrogens with one attached hydrogen (secondary N) is 3. The third kappa shape index (κ3) is 4.82. The molecule has 2 aromatic carbocycles. The first-order chi connectivity index (χ1) is 17.9. The molecule has 0 unspecified atom stereocenters. The molecule has 6 N–H and O–H groups in total. The van der Waals surface area contributed by atoms with Crippen LogP contribution in [0.25, 0.3) is 33.5 Å². The molecule has 11 nitrogen and oxygen atoms in total. The topological polar surface area (TPSA) is 172 Å². The molecule has 37 heavy (non-hydrogen) atoms. The highest BCUT2D eigenvalue weighted by Gasteiger charge is 2.21. The molecule has 0 radical (unpaired) electrons. The average molecular weight is 498 g/mol. The van der Waals surface area contributed by atoms with Gasteiger partial charge < -0.3 is 30.9 Å². The molecular weight excluding hydrogens is 474 g/mol. The number of primary amides is 1. The smallest absolute Gasteiger partial charge is 0.252 e. The number of nitrogens with zero attached hydrogens (tertiary/aromatic N) is 3. The van der Waals surface area contributed by atoms with Crippen LogP contribution in [0.3, 0.4) is 0 Å². The van der Waals surface area contributed by atoms with Crippen LogP contribution in [0, 0.1) is 0 Å². The maximum Gasteiger partial charge on any atom is 0.252 e. The van der Waals surface area contributed by atoms with Crippen molar-refractivity contribution >= 4 is 22.8 Å². The van der Waals surface area contributed by atoms with Gasteiger partial charge in [-0.3, -0.25) is 9.59 Å². The highest BCUT2D eigenvalue weighted by atomic mass is 16.5. The van der Waals surface area contributed by atoms with Gasteiger partial charge in [0.25, 0.3) is 5.91 Å². The molecule has 1 atom stereocenters. The number of amides is 2. The standard InChI is InChI=1S/C26H23N7O4/c1-37-26-17(3-2-8-29-26)14-5-7-22(34)18(9-14)24-31-19-6-4-15(10-20(19)32-24)25(36)33-21(23(27)35)11-16-12-28-13-30-16/h2-10,12-13,21,34H,11H2,1H3,(H2,27,35)(H,28,30)(H,31,32)(H,33,36)/t21-/m0/s1. The van der Waals surface area contributed by atoms with E-state index in [9.17, 15) is 14.7 Å². The summed E-state index contributed by atoms with van der Waals surface area (Å²) in [5, 5.41) is 13.2. The van der Waals surface area contributed by atoms with Crippen LogP contribution in [-0.4, -0.2) is 55.0 Å². The summed E-state index contributed by atoms with van der Waals surface area (Å²) in [5.41, 5.74) is 9.58. The molecule has 5 aromatic rings. The number of H-pyrrole nitrogens is 2. The highest BCUT2D eigenvalue weighted by Crippen LogP contribution is 2.35. The van der Waals surface area contributed by atoms with E-state index in [0.717, 1.165) is 11.1 Å². The number of benzene rings is 2. The van der Waals surface area contributed by atoms with Crippen molar-refractivity contribution in [1.82, 2.24) is 30.2 Å². The van der Waals surface area contributed by atoms with Crippen LogP contribution in [0.5, 0.6) is 11.6 Å². The molecule has 0 aliphatic carbocycles. The fraction of sp³-hybridized carbons (Fsp3) is 0.115. The fourth-order valence-electron chi connectivity index (χ4n) is 4.02. The van der Waals surface area contributed by atoms with Crippen molar-refractivity contribution in [2.24, 2.45) is 5.73 Å². The van der Waals surface area contributed by atoms with Gasteiger partial charge in [0.15, 0.2) is 0 Å². The maximum absolute atomic E-state index is 12.9. The van der Waals surface area contributed by atoms with Crippen LogP contribution in [0.2, 0.25) is 0 Å². The van der Waals surface area contributed by atoms with E-state index in [1.165, 1.54) is 6.33 Å². The predicted molar refractivity (Wildman–Crippen MR) is 136 cm³/mol. The summed E-state index contributed by atoms with van der Waals surface area (Å²) in [6.45, 7) is 0. The van der Waals surface area contributed by atoms with Gasteiger partial charge in [-0.1, -0.05) is 6.07 Å². The molecule has 0 bridgehead atoms. The minimum Gasteiger partial charge on any atom is -0.507 e. The zero-order chi connectivity index (χ0) is 25.9. The monoisotopic (exact) mass is 497 g/mol. The lowest BCUT2D eigenvalue weighted by Crippen LogP contribution is -2.45. The third-order valence-electron chi connectivity index (χ3n) is 5.89. The number of methoxy groups -OCH3 is 1. The Balaban J connectivity index is 1.43. The van der Waals surface area contributed by atoms with E-state index in [4.69, 9.17) is 10.5 Å². The summed E-state index contributed by atoms with van der Waals surface area (Å²) in [7, 11) is 1.54. The Morgan fingerprint density at radius 1 is 1.14 bits per heavy atom. The molecule has 11 heteroatoms. The first kappa shape index (κ1) is 23.5. The number of phenols is 1. The van der Waals surface area contributed by atoms with E-state index < -0.39 is 17.9 Å². The molecule has 0 spiro atoms. The van der Waals surface area contributed by atoms with Crippen LogP contribution < -0.4 is 15.8 Å². The van der Waals surface area contributed by atoms with E-state index in [0.29, 0.717) is 39.6 Å². The summed E-state index contributed by atoms with van der Waals surface area (Å²) in [5.74, 6) is -0.227. The number of pyridine rings is 1. The van der Waals surface area contributed by atoms with E-state index in [2.05, 4.69) is 30.2 Å². The summed E-state index contributed by atoms with van der Waals surface area (Å²) in [6.07, 6.45) is 4.92. The molecule has 0 saturated carbocycles. The van der Waals surface area contributed by atoms with Gasteiger partial charge >= 0.3 is 0 Å². The normalized spacial score (nSPS) is 11.8. The number of carbonyl (C=O) groups is 2. The number of phenolic OH excluding ortho intramolecular Hbond substituents is 1. The number of aromatic amines is 2. The van der Waals surface area contributed by atoms with Gasteiger partial charge in [0.1, 0.15) is 17.6 Å². The molecule has 0 aliphatic heterocycles. The van der Waals surface area contributed by atoms with E-state index >= 15 is 0 Å². The number of ether oxygens (including phenoxy) is 1. The Hall–Kier alpha value is -5.19. The molecule has 3 aromatic heterocycles. The minimum atomic E-state index is -0.926. The zero-order valence-corrected chi connectivity index (χ0v) is 19.7. The minimum absolute atomic E-state index is 0.0336. The molecule has 186 valence electrons. The van der Waals surface area contributed by atoms with Crippen molar-refractivity contribution < 1.29 is 19.4 Å². The van der Waals surface area contributed by atoms with Crippen molar-refractivity contribution in [3.05, 3.63) is 78.5 Å². The molecular formula is C26H23N7O4. The Kier molecular flexibility index (Phi) is 6.25. The Labute approximate surface area is 210 Å². The third-order valence-corrected chi connectivity index (χ3v) is 5.89. The van der Waals surface area contributed by atoms with Gasteiger partial charge in [-0.15, -0.1) is 0 Å². The first-order valence-corrected chi connectivity index (χ1v) is 11.3. The molecule has 0 fully saturated rings. The number of hydrogen-bond acceptors (Lipinski definition) is 7. The van der Waals surface area contributed by atoms with Crippen LogP contribution in [0.15, 0.2) is 67.3 Å². The summed E-state index contributed by atoms with van der Waals surface area (Å²) in [6, 6.07) is 12.8. The second-order valence-corrected chi connectivity index (χ2v) is 8.30. The zero-order valence-electron chi connectivity index (χ0n) is 19.7. The van der Waals surface area contributed by atoms with E-state index in [-0.39, 0.29) is 12.2 Å². The Morgan fingerprint density at radius 2 is 2.00 bits per heavy atom. The van der Waals surface area contributed by atoms with Crippen LogP contribution in [0.4, 0.5) is 0 Å². The number of aromatic nitrogens is 5. The maximum atomic E-state index is 12.9. The number of imidazole rings is 2. The lowest BCUT2D eigenvalue weighted by atomic mass is 10.0. The van der Waals surface area contributed by atoms with Crippen molar-refractivity contribution in [2.45, 2.75) is 12.5 Å². The van der Waals surface area contributed by atoms with Crippen LogP contribution >= 0.6 is 0 Å². The van der Waals surface area contributed by atoms with E-state index in [1.807, 2.05) is 6.07 Å². The molecule has 0 saturated heterocycles. The van der Waals surface area contributed by atoms with Crippen molar-refractivity contribution in [3.8, 4) is 34.1 Å². The van der Waals surface area contributed by atoms with Gasteiger partial charge in [-0.05, 0) is 48.0 Å². The molecule has 0 aliphatic rings. The molecule has 5 rings (SSSR count). The van der Waals surface area contributed by atoms with Crippen LogP contribution in [-0.2, 0) is 11.2 Å². The number of fused-ring (bicyclic) bond motifs is 1. The largest absolute Gasteiger partial charge is 0.507 e. The summed E-state index contributed by atoms with van der Waals surface area (Å²) >= 11 is 0. The Morgan fingerprint density at radius 3 is 2.76 bits per heavy atom.